The summed E-state index contributed by atoms with van der Waals surface area (Å²) in [5.74, 6) is -1.40. The Balaban J connectivity index is 3.08. The Morgan fingerprint density at radius 1 is 1.38 bits per heavy atom. The smallest absolute Gasteiger partial charge is 0.310 e. The van der Waals surface area contributed by atoms with Gasteiger partial charge in [-0.15, -0.1) is 0 Å². The van der Waals surface area contributed by atoms with E-state index in [1.165, 1.54) is 6.07 Å². The minimum Gasteiger partial charge on any atom is -0.460 e. The molecule has 0 saturated heterocycles. The Morgan fingerprint density at radius 2 is 2.00 bits per heavy atom. The highest BCUT2D eigenvalue weighted by molar-refractivity contribution is 5.98. The van der Waals surface area contributed by atoms with Crippen molar-refractivity contribution in [3.05, 3.63) is 29.3 Å². The summed E-state index contributed by atoms with van der Waals surface area (Å²) in [5, 5.41) is 10.3. The topological polar surface area (TPSA) is 62.2 Å². The van der Waals surface area contributed by atoms with Crippen LogP contribution in [0.4, 0.5) is 10.1 Å². The summed E-state index contributed by atoms with van der Waals surface area (Å²) in [6, 6.07) is 4.95. The van der Waals surface area contributed by atoms with Crippen LogP contribution in [0.2, 0.25) is 0 Å². The minimum atomic E-state index is -1.02. The predicted octanol–water partition coefficient (Wildman–Crippen LogP) is 3.69. The van der Waals surface area contributed by atoms with Gasteiger partial charge in [-0.1, -0.05) is 12.1 Å². The van der Waals surface area contributed by atoms with Crippen molar-refractivity contribution in [1.29, 1.82) is 5.41 Å². The zero-order valence-electron chi connectivity index (χ0n) is 13.2. The van der Waals surface area contributed by atoms with Crippen molar-refractivity contribution in [3.8, 4) is 0 Å². The predicted molar refractivity (Wildman–Crippen MR) is 82.7 cm³/mol. The Kier molecular flexibility index (Phi) is 5.47. The molecule has 21 heavy (non-hydrogen) atoms. The van der Waals surface area contributed by atoms with Crippen LogP contribution >= 0.6 is 0 Å². The molecule has 116 valence electrons. The summed E-state index contributed by atoms with van der Waals surface area (Å²) >= 11 is 0. The first-order valence-electron chi connectivity index (χ1n) is 6.95. The van der Waals surface area contributed by atoms with Crippen molar-refractivity contribution in [2.75, 3.05) is 5.32 Å². The number of halogens is 1. The summed E-state index contributed by atoms with van der Waals surface area (Å²) in [5.41, 5.74) is 0.695. The quantitative estimate of drug-likeness (QED) is 0.643. The van der Waals surface area contributed by atoms with Gasteiger partial charge in [-0.05, 0) is 46.2 Å². The Morgan fingerprint density at radius 3 is 2.48 bits per heavy atom. The lowest BCUT2D eigenvalue weighted by molar-refractivity contribution is -0.153. The lowest BCUT2D eigenvalue weighted by Crippen LogP contribution is -2.25. The molecule has 0 saturated carbocycles. The second-order valence-electron chi connectivity index (χ2n) is 6.22. The van der Waals surface area contributed by atoms with E-state index < -0.39 is 11.6 Å². The maximum absolute atomic E-state index is 13.4. The number of ether oxygens (including phenoxy) is 1. The van der Waals surface area contributed by atoms with Crippen molar-refractivity contribution >= 4 is 17.6 Å². The first kappa shape index (κ1) is 17.1. The SMILES string of the molecule is CC(C)Nc1c(CC(=O)OC(C)(C)C)cccc1C(=N)F. The molecule has 1 aromatic rings. The van der Waals surface area contributed by atoms with Crippen molar-refractivity contribution in [1.82, 2.24) is 0 Å². The number of hydrogen-bond donors (Lipinski definition) is 2. The number of anilines is 1. The van der Waals surface area contributed by atoms with Crippen LogP contribution in [0.25, 0.3) is 0 Å². The summed E-state index contributed by atoms with van der Waals surface area (Å²) in [6.07, 6.45) is 0.0352. The number of para-hydroxylation sites is 1. The summed E-state index contributed by atoms with van der Waals surface area (Å²) < 4.78 is 18.6. The van der Waals surface area contributed by atoms with E-state index in [1.54, 1.807) is 32.9 Å². The Labute approximate surface area is 125 Å². The summed E-state index contributed by atoms with van der Waals surface area (Å²) in [4.78, 5) is 11.9. The third-order valence-corrected chi connectivity index (χ3v) is 2.58. The molecule has 0 radical (unpaired) electrons. The van der Waals surface area contributed by atoms with Crippen LogP contribution in [0.15, 0.2) is 18.2 Å². The molecular formula is C16H23FN2O2. The minimum absolute atomic E-state index is 0.0352. The number of rotatable bonds is 5. The highest BCUT2D eigenvalue weighted by Crippen LogP contribution is 2.24. The fourth-order valence-corrected chi connectivity index (χ4v) is 1.92. The van der Waals surface area contributed by atoms with Crippen LogP contribution < -0.4 is 5.32 Å². The third-order valence-electron chi connectivity index (χ3n) is 2.58. The largest absolute Gasteiger partial charge is 0.460 e. The van der Waals surface area contributed by atoms with Crippen LogP contribution in [-0.4, -0.2) is 23.6 Å². The molecule has 0 amide bonds. The lowest BCUT2D eigenvalue weighted by Gasteiger charge is -2.21. The van der Waals surface area contributed by atoms with E-state index in [2.05, 4.69) is 5.32 Å². The third kappa shape index (κ3) is 5.53. The molecule has 0 bridgehead atoms. The second-order valence-corrected chi connectivity index (χ2v) is 6.22. The van der Waals surface area contributed by atoms with Crippen molar-refractivity contribution in [2.24, 2.45) is 0 Å². The molecule has 1 aromatic carbocycles. The van der Waals surface area contributed by atoms with Gasteiger partial charge < -0.3 is 10.1 Å². The number of esters is 1. The average Bonchev–Trinajstić information content (AvgIpc) is 2.27. The second kappa shape index (κ2) is 6.70. The van der Waals surface area contributed by atoms with Crippen molar-refractivity contribution < 1.29 is 13.9 Å². The number of carbonyl (C=O) groups is 1. The van der Waals surface area contributed by atoms with Gasteiger partial charge in [0, 0.05) is 11.7 Å². The first-order chi connectivity index (χ1) is 9.60. The molecule has 0 heterocycles. The fraction of sp³-hybridized carbons (Fsp3) is 0.500. The van der Waals surface area contributed by atoms with E-state index in [4.69, 9.17) is 10.1 Å². The normalized spacial score (nSPS) is 11.4. The molecule has 1 rings (SSSR count). The van der Waals surface area contributed by atoms with Crippen LogP contribution in [0.3, 0.4) is 0 Å². The molecule has 0 unspecified atom stereocenters. The van der Waals surface area contributed by atoms with E-state index in [-0.39, 0.29) is 24.0 Å². The van der Waals surface area contributed by atoms with Gasteiger partial charge in [0.2, 0.25) is 5.97 Å². The summed E-state index contributed by atoms with van der Waals surface area (Å²) in [6.45, 7) is 9.22. The van der Waals surface area contributed by atoms with Crippen molar-refractivity contribution in [3.63, 3.8) is 0 Å². The molecule has 0 spiro atoms. The van der Waals surface area contributed by atoms with Gasteiger partial charge in [-0.2, -0.15) is 4.39 Å². The maximum atomic E-state index is 13.4. The van der Waals surface area contributed by atoms with Gasteiger partial charge >= 0.3 is 5.97 Å². The molecule has 4 nitrogen and oxygen atoms in total. The number of benzene rings is 1. The number of hydrogen-bond acceptors (Lipinski definition) is 4. The molecule has 0 aliphatic heterocycles. The Bertz CT molecular complexity index is 534. The molecule has 0 aliphatic rings. The monoisotopic (exact) mass is 294 g/mol. The Hall–Kier alpha value is -1.91. The molecule has 5 heteroatoms. The van der Waals surface area contributed by atoms with E-state index in [9.17, 15) is 9.18 Å². The standard InChI is InChI=1S/C16H23FN2O2/c1-10(2)19-14-11(7-6-8-12(14)15(17)18)9-13(20)21-16(3,4)5/h6-8,10,18-19H,9H2,1-5H3. The molecule has 2 N–H and O–H groups in total. The van der Waals surface area contributed by atoms with E-state index >= 15 is 0 Å². The van der Waals surface area contributed by atoms with E-state index in [0.717, 1.165) is 0 Å². The summed E-state index contributed by atoms with van der Waals surface area (Å²) in [7, 11) is 0. The van der Waals surface area contributed by atoms with Gasteiger partial charge in [0.1, 0.15) is 5.60 Å². The lowest BCUT2D eigenvalue weighted by atomic mass is 10.0. The van der Waals surface area contributed by atoms with Crippen molar-refractivity contribution in [2.45, 2.75) is 52.7 Å². The first-order valence-corrected chi connectivity index (χ1v) is 6.95. The van der Waals surface area contributed by atoms with E-state index in [0.29, 0.717) is 11.3 Å². The maximum Gasteiger partial charge on any atom is 0.310 e. The van der Waals surface area contributed by atoms with Crippen LogP contribution in [0, 0.1) is 5.41 Å². The molecule has 0 atom stereocenters. The highest BCUT2D eigenvalue weighted by Gasteiger charge is 2.20. The molecular weight excluding hydrogens is 271 g/mol. The van der Waals surface area contributed by atoms with Gasteiger partial charge in [-0.3, -0.25) is 10.2 Å². The van der Waals surface area contributed by atoms with Gasteiger partial charge in [-0.25, -0.2) is 0 Å². The fourth-order valence-electron chi connectivity index (χ4n) is 1.92. The van der Waals surface area contributed by atoms with Gasteiger partial charge in [0.05, 0.1) is 12.0 Å². The highest BCUT2D eigenvalue weighted by atomic mass is 19.1. The van der Waals surface area contributed by atoms with Crippen LogP contribution in [-0.2, 0) is 16.0 Å². The molecule has 0 aliphatic carbocycles. The van der Waals surface area contributed by atoms with Gasteiger partial charge in [0.25, 0.3) is 0 Å². The van der Waals surface area contributed by atoms with E-state index in [1.807, 2.05) is 13.8 Å². The zero-order chi connectivity index (χ0) is 16.2. The van der Waals surface area contributed by atoms with Gasteiger partial charge in [0.15, 0.2) is 0 Å². The molecule has 0 fully saturated rings. The molecule has 0 aromatic heterocycles. The average molecular weight is 294 g/mol. The number of carbonyl (C=O) groups excluding carboxylic acids is 1. The number of nitrogens with one attached hydrogen (secondary N) is 2. The van der Waals surface area contributed by atoms with Crippen LogP contribution in [0.5, 0.6) is 0 Å². The zero-order valence-corrected chi connectivity index (χ0v) is 13.2. The van der Waals surface area contributed by atoms with Crippen LogP contribution in [0.1, 0.15) is 45.7 Å².